The number of ether oxygens (including phenoxy) is 1. The van der Waals surface area contributed by atoms with Crippen LogP contribution in [0.2, 0.25) is 0 Å². The molecular formula is C13H14O2. The number of aliphatic hydroxyl groups is 1. The van der Waals surface area contributed by atoms with E-state index in [1.54, 1.807) is 12.2 Å². The summed E-state index contributed by atoms with van der Waals surface area (Å²) in [6.45, 7) is 4.17. The van der Waals surface area contributed by atoms with Gasteiger partial charge in [0.1, 0.15) is 11.7 Å². The number of hydrogen-bond acceptors (Lipinski definition) is 2. The highest BCUT2D eigenvalue weighted by Gasteiger charge is 2.35. The van der Waals surface area contributed by atoms with Crippen molar-refractivity contribution in [2.75, 3.05) is 6.61 Å². The normalized spacial score (nSPS) is 30.1. The maximum Gasteiger partial charge on any atom is 0.131 e. The number of rotatable bonds is 2. The van der Waals surface area contributed by atoms with E-state index in [1.807, 2.05) is 30.3 Å². The first-order chi connectivity index (χ1) is 7.26. The van der Waals surface area contributed by atoms with E-state index in [4.69, 9.17) is 4.74 Å². The van der Waals surface area contributed by atoms with Crippen molar-refractivity contribution in [1.29, 1.82) is 0 Å². The molecule has 0 bridgehead atoms. The molecular weight excluding hydrogens is 188 g/mol. The van der Waals surface area contributed by atoms with E-state index in [2.05, 4.69) is 6.58 Å². The van der Waals surface area contributed by atoms with Gasteiger partial charge in [-0.3, -0.25) is 0 Å². The summed E-state index contributed by atoms with van der Waals surface area (Å²) in [5, 5.41) is 10.3. The predicted octanol–water partition coefficient (Wildman–Crippen LogP) is 2.23. The lowest BCUT2D eigenvalue weighted by Crippen LogP contribution is -2.36. The zero-order valence-corrected chi connectivity index (χ0v) is 8.47. The summed E-state index contributed by atoms with van der Waals surface area (Å²) in [5.74, 6) is 0. The third kappa shape index (κ3) is 1.87. The Morgan fingerprint density at radius 2 is 2.13 bits per heavy atom. The van der Waals surface area contributed by atoms with Gasteiger partial charge in [0, 0.05) is 0 Å². The molecule has 2 atom stereocenters. The van der Waals surface area contributed by atoms with Gasteiger partial charge in [0.05, 0.1) is 6.61 Å². The Labute approximate surface area is 89.5 Å². The van der Waals surface area contributed by atoms with Crippen LogP contribution < -0.4 is 0 Å². The Hall–Kier alpha value is -1.38. The highest BCUT2D eigenvalue weighted by molar-refractivity contribution is 5.28. The SMILES string of the molecule is C=C[C@]1(O)C=CCO[C@@H]1c1ccccc1. The molecule has 0 radical (unpaired) electrons. The molecule has 78 valence electrons. The summed E-state index contributed by atoms with van der Waals surface area (Å²) in [6.07, 6.45) is 4.70. The van der Waals surface area contributed by atoms with Crippen LogP contribution in [0.25, 0.3) is 0 Å². The zero-order chi connectivity index (χ0) is 10.7. The second-order valence-corrected chi connectivity index (χ2v) is 3.62. The molecule has 0 amide bonds. The molecule has 1 aromatic rings. The molecule has 2 rings (SSSR count). The standard InChI is InChI=1S/C13H14O2/c1-2-13(14)9-6-10-15-12(13)11-7-4-3-5-8-11/h2-9,12,14H,1,10H2/t12-,13+/m1/s1. The van der Waals surface area contributed by atoms with Crippen LogP contribution in [0.5, 0.6) is 0 Å². The molecule has 0 saturated heterocycles. The maximum absolute atomic E-state index is 10.3. The monoisotopic (exact) mass is 202 g/mol. The van der Waals surface area contributed by atoms with E-state index < -0.39 is 5.60 Å². The fourth-order valence-electron chi connectivity index (χ4n) is 1.78. The molecule has 0 aliphatic carbocycles. The van der Waals surface area contributed by atoms with Crippen LogP contribution in [-0.4, -0.2) is 17.3 Å². The van der Waals surface area contributed by atoms with Crippen LogP contribution >= 0.6 is 0 Å². The minimum absolute atomic E-state index is 0.360. The van der Waals surface area contributed by atoms with Gasteiger partial charge >= 0.3 is 0 Å². The Balaban J connectivity index is 2.36. The fourth-order valence-corrected chi connectivity index (χ4v) is 1.78. The molecule has 0 saturated carbocycles. The van der Waals surface area contributed by atoms with E-state index in [9.17, 15) is 5.11 Å². The van der Waals surface area contributed by atoms with Crippen LogP contribution in [0, 0.1) is 0 Å². The van der Waals surface area contributed by atoms with Crippen molar-refractivity contribution >= 4 is 0 Å². The van der Waals surface area contributed by atoms with Gasteiger partial charge in [0.2, 0.25) is 0 Å². The van der Waals surface area contributed by atoms with Crippen molar-refractivity contribution in [2.45, 2.75) is 11.7 Å². The van der Waals surface area contributed by atoms with Gasteiger partial charge in [0.15, 0.2) is 0 Å². The van der Waals surface area contributed by atoms with Crippen LogP contribution in [0.15, 0.2) is 55.1 Å². The second kappa shape index (κ2) is 4.01. The molecule has 0 unspecified atom stereocenters. The van der Waals surface area contributed by atoms with E-state index >= 15 is 0 Å². The maximum atomic E-state index is 10.3. The fraction of sp³-hybridized carbons (Fsp3) is 0.231. The van der Waals surface area contributed by atoms with E-state index in [0.29, 0.717) is 6.61 Å². The zero-order valence-electron chi connectivity index (χ0n) is 8.47. The van der Waals surface area contributed by atoms with Crippen molar-refractivity contribution in [1.82, 2.24) is 0 Å². The molecule has 0 fully saturated rings. The summed E-state index contributed by atoms with van der Waals surface area (Å²) in [5.41, 5.74) is -0.135. The minimum Gasteiger partial charge on any atom is -0.379 e. The van der Waals surface area contributed by atoms with Gasteiger partial charge in [-0.1, -0.05) is 49.1 Å². The summed E-state index contributed by atoms with van der Waals surface area (Å²) >= 11 is 0. The first-order valence-corrected chi connectivity index (χ1v) is 4.96. The minimum atomic E-state index is -1.10. The second-order valence-electron chi connectivity index (χ2n) is 3.62. The Bertz CT molecular complexity index is 369. The van der Waals surface area contributed by atoms with Gasteiger partial charge in [-0.2, -0.15) is 0 Å². The van der Waals surface area contributed by atoms with Crippen molar-refractivity contribution in [2.24, 2.45) is 0 Å². The van der Waals surface area contributed by atoms with E-state index in [0.717, 1.165) is 5.56 Å². The first-order valence-electron chi connectivity index (χ1n) is 4.96. The molecule has 15 heavy (non-hydrogen) atoms. The summed E-state index contributed by atoms with van der Waals surface area (Å²) in [6, 6.07) is 9.69. The number of benzene rings is 1. The molecule has 2 nitrogen and oxygen atoms in total. The van der Waals surface area contributed by atoms with Crippen LogP contribution in [0.4, 0.5) is 0 Å². The van der Waals surface area contributed by atoms with E-state index in [-0.39, 0.29) is 6.10 Å². The smallest absolute Gasteiger partial charge is 0.131 e. The lowest BCUT2D eigenvalue weighted by Gasteiger charge is -2.33. The molecule has 0 aromatic heterocycles. The van der Waals surface area contributed by atoms with Gasteiger partial charge in [-0.25, -0.2) is 0 Å². The third-order valence-corrected chi connectivity index (χ3v) is 2.59. The van der Waals surface area contributed by atoms with Gasteiger partial charge in [-0.05, 0) is 11.6 Å². The van der Waals surface area contributed by atoms with Crippen molar-refractivity contribution in [3.05, 3.63) is 60.7 Å². The molecule has 0 spiro atoms. The van der Waals surface area contributed by atoms with Crippen molar-refractivity contribution in [3.63, 3.8) is 0 Å². The summed E-state index contributed by atoms with van der Waals surface area (Å²) in [4.78, 5) is 0. The van der Waals surface area contributed by atoms with Crippen LogP contribution in [-0.2, 0) is 4.74 Å². The van der Waals surface area contributed by atoms with Gasteiger partial charge < -0.3 is 9.84 Å². The number of hydrogen-bond donors (Lipinski definition) is 1. The highest BCUT2D eigenvalue weighted by Crippen LogP contribution is 2.34. The van der Waals surface area contributed by atoms with Gasteiger partial charge in [0.25, 0.3) is 0 Å². The van der Waals surface area contributed by atoms with Crippen molar-refractivity contribution < 1.29 is 9.84 Å². The Morgan fingerprint density at radius 3 is 2.80 bits per heavy atom. The lowest BCUT2D eigenvalue weighted by atomic mass is 9.89. The molecule has 1 aliphatic rings. The van der Waals surface area contributed by atoms with Crippen LogP contribution in [0.1, 0.15) is 11.7 Å². The average Bonchev–Trinajstić information content (AvgIpc) is 2.31. The summed E-state index contributed by atoms with van der Waals surface area (Å²) < 4.78 is 5.56. The Morgan fingerprint density at radius 1 is 1.40 bits per heavy atom. The lowest BCUT2D eigenvalue weighted by molar-refractivity contribution is -0.0590. The average molecular weight is 202 g/mol. The van der Waals surface area contributed by atoms with E-state index in [1.165, 1.54) is 6.08 Å². The quantitative estimate of drug-likeness (QED) is 0.745. The Kier molecular flexibility index (Phi) is 2.71. The molecule has 2 heteroatoms. The first kappa shape index (κ1) is 10.1. The predicted molar refractivity (Wildman–Crippen MR) is 59.4 cm³/mol. The largest absolute Gasteiger partial charge is 0.379 e. The summed E-state index contributed by atoms with van der Waals surface area (Å²) in [7, 11) is 0. The van der Waals surface area contributed by atoms with Gasteiger partial charge in [-0.15, -0.1) is 0 Å². The molecule has 1 heterocycles. The highest BCUT2D eigenvalue weighted by atomic mass is 16.5. The topological polar surface area (TPSA) is 29.5 Å². The molecule has 1 N–H and O–H groups in total. The molecule has 1 aliphatic heterocycles. The van der Waals surface area contributed by atoms with Crippen molar-refractivity contribution in [3.8, 4) is 0 Å². The molecule has 1 aromatic carbocycles. The third-order valence-electron chi connectivity index (χ3n) is 2.59. The van der Waals surface area contributed by atoms with Crippen LogP contribution in [0.3, 0.4) is 0 Å².